The SMILES string of the molecule is CCCCC(C(=O)OCC)=C(Nc1cccc(SC)c1)C(=O)OCC. The number of anilines is 1. The molecule has 0 amide bonds. The minimum Gasteiger partial charge on any atom is -0.463 e. The Morgan fingerprint density at radius 1 is 1.08 bits per heavy atom. The Morgan fingerprint density at radius 3 is 2.36 bits per heavy atom. The molecule has 0 atom stereocenters. The predicted molar refractivity (Wildman–Crippen MR) is 102 cm³/mol. The highest BCUT2D eigenvalue weighted by Crippen LogP contribution is 2.23. The van der Waals surface area contributed by atoms with Crippen LogP contribution >= 0.6 is 11.8 Å². The lowest BCUT2D eigenvalue weighted by atomic mass is 10.1. The molecule has 0 aromatic heterocycles. The molecular weight excluding hydrogens is 338 g/mol. The number of benzene rings is 1. The Kier molecular flexibility index (Phi) is 9.77. The Labute approximate surface area is 154 Å². The zero-order valence-corrected chi connectivity index (χ0v) is 16.2. The van der Waals surface area contributed by atoms with E-state index in [1.165, 1.54) is 0 Å². The fraction of sp³-hybridized carbons (Fsp3) is 0.474. The van der Waals surface area contributed by atoms with Gasteiger partial charge in [-0.25, -0.2) is 9.59 Å². The Morgan fingerprint density at radius 2 is 1.76 bits per heavy atom. The summed E-state index contributed by atoms with van der Waals surface area (Å²) in [5, 5.41) is 3.08. The van der Waals surface area contributed by atoms with Crippen LogP contribution in [0, 0.1) is 0 Å². The second-order valence-corrected chi connectivity index (χ2v) is 6.13. The largest absolute Gasteiger partial charge is 0.463 e. The Balaban J connectivity index is 3.28. The summed E-state index contributed by atoms with van der Waals surface area (Å²) in [6.45, 7) is 6.00. The smallest absolute Gasteiger partial charge is 0.355 e. The number of carbonyl (C=O) groups is 2. The van der Waals surface area contributed by atoms with Crippen LogP contribution in [0.4, 0.5) is 5.69 Å². The van der Waals surface area contributed by atoms with E-state index < -0.39 is 11.9 Å². The third kappa shape index (κ3) is 6.82. The van der Waals surface area contributed by atoms with Gasteiger partial charge in [0.15, 0.2) is 0 Å². The number of esters is 2. The van der Waals surface area contributed by atoms with Gasteiger partial charge < -0.3 is 14.8 Å². The van der Waals surface area contributed by atoms with Crippen LogP contribution in [-0.2, 0) is 19.1 Å². The van der Waals surface area contributed by atoms with Crippen molar-refractivity contribution in [3.8, 4) is 0 Å². The minimum absolute atomic E-state index is 0.159. The number of thioether (sulfide) groups is 1. The maximum atomic E-state index is 12.5. The molecule has 1 aromatic rings. The number of carbonyl (C=O) groups excluding carboxylic acids is 2. The van der Waals surface area contributed by atoms with Crippen LogP contribution in [-0.4, -0.2) is 31.4 Å². The predicted octanol–water partition coefficient (Wildman–Crippen LogP) is 4.39. The molecule has 0 bridgehead atoms. The highest BCUT2D eigenvalue weighted by atomic mass is 32.2. The second-order valence-electron chi connectivity index (χ2n) is 5.26. The zero-order chi connectivity index (χ0) is 18.7. The second kappa shape index (κ2) is 11.6. The van der Waals surface area contributed by atoms with Crippen molar-refractivity contribution >= 4 is 29.4 Å². The molecule has 0 unspecified atom stereocenters. The maximum absolute atomic E-state index is 12.5. The summed E-state index contributed by atoms with van der Waals surface area (Å²) in [6.07, 6.45) is 4.12. The number of hydrogen-bond acceptors (Lipinski definition) is 6. The number of ether oxygens (including phenoxy) is 2. The van der Waals surface area contributed by atoms with E-state index in [0.29, 0.717) is 12.0 Å². The lowest BCUT2D eigenvalue weighted by molar-refractivity contribution is -0.141. The monoisotopic (exact) mass is 365 g/mol. The van der Waals surface area contributed by atoms with Gasteiger partial charge in [-0.15, -0.1) is 11.8 Å². The van der Waals surface area contributed by atoms with Gasteiger partial charge in [0.1, 0.15) is 5.70 Å². The van der Waals surface area contributed by atoms with Crippen molar-refractivity contribution in [3.05, 3.63) is 35.5 Å². The summed E-state index contributed by atoms with van der Waals surface area (Å²) in [4.78, 5) is 25.9. The van der Waals surface area contributed by atoms with Gasteiger partial charge in [0, 0.05) is 10.6 Å². The minimum atomic E-state index is -0.545. The molecule has 0 fully saturated rings. The molecule has 5 nitrogen and oxygen atoms in total. The highest BCUT2D eigenvalue weighted by molar-refractivity contribution is 7.98. The average molecular weight is 365 g/mol. The summed E-state index contributed by atoms with van der Waals surface area (Å²) in [7, 11) is 0. The van der Waals surface area contributed by atoms with Crippen LogP contribution in [0.25, 0.3) is 0 Å². The summed E-state index contributed by atoms with van der Waals surface area (Å²) < 4.78 is 10.3. The molecule has 6 heteroatoms. The van der Waals surface area contributed by atoms with E-state index in [1.54, 1.807) is 25.6 Å². The maximum Gasteiger partial charge on any atom is 0.355 e. The van der Waals surface area contributed by atoms with Gasteiger partial charge in [0.05, 0.1) is 18.8 Å². The first-order valence-corrected chi connectivity index (χ1v) is 9.78. The lowest BCUT2D eigenvalue weighted by Gasteiger charge is -2.16. The third-order valence-corrected chi connectivity index (χ3v) is 4.15. The van der Waals surface area contributed by atoms with Gasteiger partial charge in [-0.1, -0.05) is 19.4 Å². The fourth-order valence-corrected chi connectivity index (χ4v) is 2.66. The molecule has 0 spiro atoms. The first-order chi connectivity index (χ1) is 12.1. The summed E-state index contributed by atoms with van der Waals surface area (Å²) in [6, 6.07) is 7.65. The number of unbranched alkanes of at least 4 members (excludes halogenated alkanes) is 1. The Bertz CT molecular complexity index is 613. The highest BCUT2D eigenvalue weighted by Gasteiger charge is 2.23. The van der Waals surface area contributed by atoms with Crippen LogP contribution in [0.15, 0.2) is 40.4 Å². The van der Waals surface area contributed by atoms with Crippen molar-refractivity contribution in [1.29, 1.82) is 0 Å². The molecule has 0 aliphatic heterocycles. The van der Waals surface area contributed by atoms with E-state index in [0.717, 1.165) is 23.4 Å². The Hall–Kier alpha value is -1.95. The van der Waals surface area contributed by atoms with E-state index in [4.69, 9.17) is 9.47 Å². The molecule has 0 saturated heterocycles. The van der Waals surface area contributed by atoms with Crippen molar-refractivity contribution < 1.29 is 19.1 Å². The fourth-order valence-electron chi connectivity index (χ4n) is 2.20. The van der Waals surface area contributed by atoms with Gasteiger partial charge in [-0.05, 0) is 51.1 Å². The number of hydrogen-bond donors (Lipinski definition) is 1. The molecule has 1 aromatic carbocycles. The van der Waals surface area contributed by atoms with Crippen LogP contribution in [0.1, 0.15) is 40.0 Å². The van der Waals surface area contributed by atoms with Gasteiger partial charge >= 0.3 is 11.9 Å². The summed E-state index contributed by atoms with van der Waals surface area (Å²) in [5.74, 6) is -1.02. The van der Waals surface area contributed by atoms with E-state index in [9.17, 15) is 9.59 Å². The first kappa shape index (κ1) is 21.1. The first-order valence-electron chi connectivity index (χ1n) is 8.55. The van der Waals surface area contributed by atoms with E-state index in [1.807, 2.05) is 37.4 Å². The topological polar surface area (TPSA) is 64.6 Å². The number of nitrogens with one attached hydrogen (secondary N) is 1. The van der Waals surface area contributed by atoms with Gasteiger partial charge in [0.2, 0.25) is 0 Å². The molecule has 1 N–H and O–H groups in total. The standard InChI is InChI=1S/C19H27NO4S/c1-5-8-12-16(18(21)23-6-2)17(19(22)24-7-3)20-14-10-9-11-15(13-14)25-4/h9-11,13,20H,5-8,12H2,1-4H3. The molecular formula is C19H27NO4S. The molecule has 0 radical (unpaired) electrons. The van der Waals surface area contributed by atoms with E-state index in [2.05, 4.69) is 5.32 Å². The van der Waals surface area contributed by atoms with Crippen molar-refractivity contribution in [2.45, 2.75) is 44.9 Å². The molecule has 0 heterocycles. The summed E-state index contributed by atoms with van der Waals surface area (Å²) >= 11 is 1.60. The van der Waals surface area contributed by atoms with Gasteiger partial charge in [-0.2, -0.15) is 0 Å². The quantitative estimate of drug-likeness (QED) is 0.377. The summed E-state index contributed by atoms with van der Waals surface area (Å²) in [5.41, 5.74) is 1.22. The van der Waals surface area contributed by atoms with E-state index in [-0.39, 0.29) is 18.9 Å². The van der Waals surface area contributed by atoms with Crippen molar-refractivity contribution in [2.24, 2.45) is 0 Å². The normalized spacial score (nSPS) is 11.5. The molecule has 0 aliphatic rings. The van der Waals surface area contributed by atoms with E-state index >= 15 is 0 Å². The van der Waals surface area contributed by atoms with Gasteiger partial charge in [0.25, 0.3) is 0 Å². The van der Waals surface area contributed by atoms with Crippen LogP contribution < -0.4 is 5.32 Å². The molecule has 25 heavy (non-hydrogen) atoms. The van der Waals surface area contributed by atoms with Gasteiger partial charge in [-0.3, -0.25) is 0 Å². The van der Waals surface area contributed by atoms with Crippen LogP contribution in [0.2, 0.25) is 0 Å². The van der Waals surface area contributed by atoms with Crippen LogP contribution in [0.3, 0.4) is 0 Å². The lowest BCUT2D eigenvalue weighted by Crippen LogP contribution is -2.22. The van der Waals surface area contributed by atoms with Crippen molar-refractivity contribution in [2.75, 3.05) is 24.8 Å². The molecule has 1 rings (SSSR count). The van der Waals surface area contributed by atoms with Crippen molar-refractivity contribution in [1.82, 2.24) is 0 Å². The number of rotatable bonds is 10. The van der Waals surface area contributed by atoms with Crippen molar-refractivity contribution in [3.63, 3.8) is 0 Å². The van der Waals surface area contributed by atoms with Crippen LogP contribution in [0.5, 0.6) is 0 Å². The molecule has 138 valence electrons. The molecule has 0 saturated carbocycles. The third-order valence-electron chi connectivity index (χ3n) is 3.42. The molecule has 0 aliphatic carbocycles. The zero-order valence-electron chi connectivity index (χ0n) is 15.4. The average Bonchev–Trinajstić information content (AvgIpc) is 2.61.